The first kappa shape index (κ1) is 14.7. The van der Waals surface area contributed by atoms with E-state index in [1.54, 1.807) is 23.9 Å². The van der Waals surface area contributed by atoms with Crippen LogP contribution < -0.4 is 4.90 Å². The standard InChI is InChI=1S/C18H18FN2OS/c19-15-7-9-16(10-8-15)21-17-20(11-4-12-23-17)13-18(21,22)14-5-2-1-3-6-14/h1-3,5-10,22H,4,11-13H2/q+1. The van der Waals surface area contributed by atoms with E-state index in [4.69, 9.17) is 0 Å². The maximum absolute atomic E-state index is 13.3. The minimum absolute atomic E-state index is 0.269. The summed E-state index contributed by atoms with van der Waals surface area (Å²) in [6.07, 6.45) is 1.11. The zero-order valence-corrected chi connectivity index (χ0v) is 13.5. The molecule has 1 unspecified atom stereocenters. The molecule has 2 aliphatic rings. The molecule has 0 spiro atoms. The highest BCUT2D eigenvalue weighted by Gasteiger charge is 2.55. The van der Waals surface area contributed by atoms with E-state index in [1.165, 1.54) is 12.1 Å². The van der Waals surface area contributed by atoms with Crippen LogP contribution >= 0.6 is 11.8 Å². The van der Waals surface area contributed by atoms with Crippen molar-refractivity contribution in [1.29, 1.82) is 0 Å². The largest absolute Gasteiger partial charge is 0.346 e. The molecule has 2 aliphatic heterocycles. The van der Waals surface area contributed by atoms with E-state index in [2.05, 4.69) is 4.58 Å². The maximum Gasteiger partial charge on any atom is 0.316 e. The minimum Gasteiger partial charge on any atom is -0.346 e. The Morgan fingerprint density at radius 1 is 1.09 bits per heavy atom. The van der Waals surface area contributed by atoms with Crippen molar-refractivity contribution in [3.05, 3.63) is 66.0 Å². The Labute approximate surface area is 139 Å². The fourth-order valence-corrected chi connectivity index (χ4v) is 4.47. The Kier molecular flexibility index (Phi) is 3.62. The highest BCUT2D eigenvalue weighted by molar-refractivity contribution is 8.14. The molecule has 1 atom stereocenters. The molecule has 3 nitrogen and oxygen atoms in total. The highest BCUT2D eigenvalue weighted by Crippen LogP contribution is 2.39. The summed E-state index contributed by atoms with van der Waals surface area (Å²) in [5.74, 6) is 0.767. The average molecular weight is 329 g/mol. The number of nitrogens with zero attached hydrogens (tertiary/aromatic N) is 2. The van der Waals surface area contributed by atoms with Gasteiger partial charge in [-0.1, -0.05) is 30.3 Å². The number of amidine groups is 1. The number of thioether (sulfide) groups is 1. The highest BCUT2D eigenvalue weighted by atomic mass is 32.2. The van der Waals surface area contributed by atoms with Crippen molar-refractivity contribution in [1.82, 2.24) is 0 Å². The molecule has 0 fully saturated rings. The smallest absolute Gasteiger partial charge is 0.316 e. The van der Waals surface area contributed by atoms with Crippen molar-refractivity contribution in [2.75, 3.05) is 23.7 Å². The quantitative estimate of drug-likeness (QED) is 0.858. The SMILES string of the molecule is OC1(c2ccccc2)C[N+]2=C(SCCC2)N1c1ccc(F)cc1. The molecule has 2 aromatic carbocycles. The molecule has 0 saturated carbocycles. The Balaban J connectivity index is 1.84. The third kappa shape index (κ3) is 2.44. The zero-order chi connectivity index (χ0) is 15.9. The summed E-state index contributed by atoms with van der Waals surface area (Å²) in [6.45, 7) is 1.46. The van der Waals surface area contributed by atoms with Gasteiger partial charge in [0.05, 0.1) is 6.54 Å². The fourth-order valence-electron chi connectivity index (χ4n) is 3.29. The molecule has 0 bridgehead atoms. The van der Waals surface area contributed by atoms with E-state index in [-0.39, 0.29) is 5.82 Å². The van der Waals surface area contributed by atoms with E-state index in [1.807, 2.05) is 35.2 Å². The van der Waals surface area contributed by atoms with Gasteiger partial charge < -0.3 is 5.11 Å². The lowest BCUT2D eigenvalue weighted by Crippen LogP contribution is -2.46. The normalized spacial score (nSPS) is 24.0. The van der Waals surface area contributed by atoms with Crippen molar-refractivity contribution < 1.29 is 14.1 Å². The van der Waals surface area contributed by atoms with E-state index in [0.29, 0.717) is 6.54 Å². The molecule has 2 heterocycles. The van der Waals surface area contributed by atoms with Gasteiger partial charge in [-0.05, 0) is 42.4 Å². The number of hydrogen-bond acceptors (Lipinski definition) is 3. The lowest BCUT2D eigenvalue weighted by molar-refractivity contribution is -0.532. The van der Waals surface area contributed by atoms with Gasteiger partial charge in [-0.2, -0.15) is 4.90 Å². The predicted molar refractivity (Wildman–Crippen MR) is 91.3 cm³/mol. The van der Waals surface area contributed by atoms with E-state index in [0.717, 1.165) is 35.1 Å². The number of hydrogen-bond donors (Lipinski definition) is 1. The zero-order valence-electron chi connectivity index (χ0n) is 12.7. The van der Waals surface area contributed by atoms with Crippen LogP contribution in [0.4, 0.5) is 10.1 Å². The van der Waals surface area contributed by atoms with Crippen LogP contribution in [0.5, 0.6) is 0 Å². The number of aliphatic hydroxyl groups is 1. The minimum atomic E-state index is -1.13. The maximum atomic E-state index is 13.3. The molecule has 0 aromatic heterocycles. The second kappa shape index (κ2) is 5.65. The Morgan fingerprint density at radius 2 is 1.83 bits per heavy atom. The summed E-state index contributed by atoms with van der Waals surface area (Å²) in [5.41, 5.74) is 0.530. The summed E-state index contributed by atoms with van der Waals surface area (Å²) in [4.78, 5) is 1.95. The summed E-state index contributed by atoms with van der Waals surface area (Å²) >= 11 is 1.75. The number of rotatable bonds is 2. The third-order valence-electron chi connectivity index (χ3n) is 4.37. The van der Waals surface area contributed by atoms with Crippen molar-refractivity contribution in [3.8, 4) is 0 Å². The van der Waals surface area contributed by atoms with Crippen LogP contribution in [0, 0.1) is 5.82 Å². The van der Waals surface area contributed by atoms with Crippen LogP contribution in [0.15, 0.2) is 54.6 Å². The van der Waals surface area contributed by atoms with Gasteiger partial charge in [-0.3, -0.25) is 0 Å². The van der Waals surface area contributed by atoms with E-state index in [9.17, 15) is 9.50 Å². The predicted octanol–water partition coefficient (Wildman–Crippen LogP) is 3.00. The van der Waals surface area contributed by atoms with Gasteiger partial charge in [-0.25, -0.2) is 8.97 Å². The van der Waals surface area contributed by atoms with Crippen molar-refractivity contribution in [2.45, 2.75) is 12.1 Å². The summed E-state index contributed by atoms with van der Waals surface area (Å²) in [6, 6.07) is 16.1. The topological polar surface area (TPSA) is 26.5 Å². The first-order valence-corrected chi connectivity index (χ1v) is 8.75. The third-order valence-corrected chi connectivity index (χ3v) is 5.56. The first-order valence-electron chi connectivity index (χ1n) is 7.77. The van der Waals surface area contributed by atoms with E-state index < -0.39 is 5.72 Å². The average Bonchev–Trinajstić information content (AvgIpc) is 2.90. The van der Waals surface area contributed by atoms with E-state index >= 15 is 0 Å². The fraction of sp³-hybridized carbons (Fsp3) is 0.278. The first-order chi connectivity index (χ1) is 11.2. The van der Waals surface area contributed by atoms with Crippen LogP contribution in [0.1, 0.15) is 12.0 Å². The van der Waals surface area contributed by atoms with Crippen LogP contribution in [-0.2, 0) is 5.72 Å². The van der Waals surface area contributed by atoms with Gasteiger partial charge in [0.15, 0.2) is 6.54 Å². The molecule has 23 heavy (non-hydrogen) atoms. The van der Waals surface area contributed by atoms with Crippen LogP contribution in [0.3, 0.4) is 0 Å². The lowest BCUT2D eigenvalue weighted by Gasteiger charge is -2.28. The number of halogens is 1. The number of benzene rings is 2. The molecule has 0 radical (unpaired) electrons. The molecule has 0 saturated heterocycles. The molecule has 0 amide bonds. The molecule has 5 heteroatoms. The Bertz CT molecular complexity index is 747. The second-order valence-corrected chi connectivity index (χ2v) is 6.96. The van der Waals surface area contributed by atoms with Gasteiger partial charge >= 0.3 is 5.17 Å². The molecular weight excluding hydrogens is 311 g/mol. The van der Waals surface area contributed by atoms with Crippen molar-refractivity contribution >= 4 is 22.6 Å². The van der Waals surface area contributed by atoms with Gasteiger partial charge in [0.2, 0.25) is 0 Å². The monoisotopic (exact) mass is 329 g/mol. The summed E-state index contributed by atoms with van der Waals surface area (Å²) in [7, 11) is 0. The molecule has 118 valence electrons. The van der Waals surface area contributed by atoms with Crippen molar-refractivity contribution in [2.24, 2.45) is 0 Å². The van der Waals surface area contributed by atoms with Crippen LogP contribution in [0.25, 0.3) is 0 Å². The molecule has 0 aliphatic carbocycles. The number of anilines is 1. The van der Waals surface area contributed by atoms with Crippen LogP contribution in [-0.4, -0.2) is 33.7 Å². The van der Waals surface area contributed by atoms with Gasteiger partial charge in [0.25, 0.3) is 5.72 Å². The van der Waals surface area contributed by atoms with Gasteiger partial charge in [-0.15, -0.1) is 0 Å². The van der Waals surface area contributed by atoms with Gasteiger partial charge in [0, 0.05) is 11.3 Å². The van der Waals surface area contributed by atoms with Gasteiger partial charge in [0.1, 0.15) is 11.5 Å². The lowest BCUT2D eigenvalue weighted by atomic mass is 10.0. The molecule has 1 N–H and O–H groups in total. The molecule has 4 rings (SSSR count). The summed E-state index contributed by atoms with van der Waals surface area (Å²) in [5, 5.41) is 12.6. The Morgan fingerprint density at radius 3 is 2.57 bits per heavy atom. The second-order valence-electron chi connectivity index (χ2n) is 5.90. The van der Waals surface area contributed by atoms with Crippen molar-refractivity contribution in [3.63, 3.8) is 0 Å². The molecule has 2 aromatic rings. The van der Waals surface area contributed by atoms with Crippen LogP contribution in [0.2, 0.25) is 0 Å². The molecular formula is C18H18FN2OS+. The summed E-state index contributed by atoms with van der Waals surface area (Å²) < 4.78 is 15.5. The Hall–Kier alpha value is -1.85.